The van der Waals surface area contributed by atoms with Crippen LogP contribution in [0.15, 0.2) is 34.9 Å². The summed E-state index contributed by atoms with van der Waals surface area (Å²) in [5.74, 6) is 1.25. The molecule has 0 amide bonds. The first-order valence-electron chi connectivity index (χ1n) is 8.76. The van der Waals surface area contributed by atoms with Gasteiger partial charge in [-0.1, -0.05) is 18.2 Å². The molecule has 2 aromatic rings. The van der Waals surface area contributed by atoms with Gasteiger partial charge in [0, 0.05) is 31.9 Å². The fraction of sp³-hybridized carbons (Fsp3) is 0.556. The molecule has 6 nitrogen and oxygen atoms in total. The molecule has 128 valence electrons. The van der Waals surface area contributed by atoms with Crippen molar-refractivity contribution >= 4 is 5.95 Å². The van der Waals surface area contributed by atoms with Crippen LogP contribution in [0, 0.1) is 0 Å². The zero-order valence-electron chi connectivity index (χ0n) is 13.8. The van der Waals surface area contributed by atoms with Crippen LogP contribution in [0.1, 0.15) is 25.7 Å². The molecule has 1 aromatic heterocycles. The highest BCUT2D eigenvalue weighted by Crippen LogP contribution is 2.24. The summed E-state index contributed by atoms with van der Waals surface area (Å²) < 4.78 is 17.0. The van der Waals surface area contributed by atoms with Crippen LogP contribution in [0.5, 0.6) is 0 Å². The molecule has 24 heavy (non-hydrogen) atoms. The topological polar surface area (TPSA) is 60.6 Å². The first kappa shape index (κ1) is 15.6. The number of rotatable bonds is 4. The molecule has 1 aromatic carbocycles. The molecule has 0 atom stereocenters. The largest absolute Gasteiger partial charge is 0.381 e. The molecular formula is C18H23N3O3. The van der Waals surface area contributed by atoms with Crippen molar-refractivity contribution in [3.63, 3.8) is 0 Å². The maximum absolute atomic E-state index is 6.22. The van der Waals surface area contributed by atoms with Crippen LogP contribution in [-0.2, 0) is 9.47 Å². The van der Waals surface area contributed by atoms with Crippen molar-refractivity contribution in [2.24, 2.45) is 0 Å². The Morgan fingerprint density at radius 2 is 1.67 bits per heavy atom. The second-order valence-corrected chi connectivity index (χ2v) is 6.40. The van der Waals surface area contributed by atoms with Gasteiger partial charge in [-0.2, -0.15) is 4.98 Å². The summed E-state index contributed by atoms with van der Waals surface area (Å²) in [7, 11) is 0. The predicted octanol–water partition coefficient (Wildman–Crippen LogP) is 2.90. The SMILES string of the molecule is c1ccc(-c2nc(N3CCC(OC4CCOCC4)CC3)no2)cc1. The number of benzene rings is 1. The molecule has 0 spiro atoms. The molecule has 2 fully saturated rings. The second kappa shape index (κ2) is 7.32. The molecule has 3 heterocycles. The van der Waals surface area contributed by atoms with Crippen molar-refractivity contribution in [1.29, 1.82) is 0 Å². The number of anilines is 1. The smallest absolute Gasteiger partial charge is 0.266 e. The van der Waals surface area contributed by atoms with Gasteiger partial charge in [-0.25, -0.2) is 0 Å². The second-order valence-electron chi connectivity index (χ2n) is 6.40. The van der Waals surface area contributed by atoms with E-state index >= 15 is 0 Å². The van der Waals surface area contributed by atoms with Crippen molar-refractivity contribution in [2.45, 2.75) is 37.9 Å². The lowest BCUT2D eigenvalue weighted by atomic mass is 10.1. The number of aromatic nitrogens is 2. The molecule has 2 aliphatic rings. The van der Waals surface area contributed by atoms with E-state index in [1.807, 2.05) is 30.3 Å². The third kappa shape index (κ3) is 3.60. The van der Waals surface area contributed by atoms with Crippen molar-refractivity contribution < 1.29 is 14.0 Å². The van der Waals surface area contributed by atoms with Gasteiger partial charge in [-0.05, 0) is 43.0 Å². The van der Waals surface area contributed by atoms with Crippen LogP contribution >= 0.6 is 0 Å². The molecule has 0 aliphatic carbocycles. The van der Waals surface area contributed by atoms with Gasteiger partial charge in [0.2, 0.25) is 0 Å². The Morgan fingerprint density at radius 3 is 2.42 bits per heavy atom. The minimum atomic E-state index is 0.338. The van der Waals surface area contributed by atoms with Gasteiger partial charge >= 0.3 is 0 Å². The van der Waals surface area contributed by atoms with E-state index in [0.29, 0.717) is 24.0 Å². The highest BCUT2D eigenvalue weighted by Gasteiger charge is 2.26. The lowest BCUT2D eigenvalue weighted by Gasteiger charge is -2.34. The highest BCUT2D eigenvalue weighted by atomic mass is 16.5. The van der Waals surface area contributed by atoms with E-state index in [9.17, 15) is 0 Å². The van der Waals surface area contributed by atoms with Crippen LogP contribution in [0.2, 0.25) is 0 Å². The molecule has 2 saturated heterocycles. The predicted molar refractivity (Wildman–Crippen MR) is 89.9 cm³/mol. The van der Waals surface area contributed by atoms with Crippen LogP contribution in [0.4, 0.5) is 5.95 Å². The van der Waals surface area contributed by atoms with Crippen molar-refractivity contribution in [1.82, 2.24) is 10.1 Å². The van der Waals surface area contributed by atoms with Crippen molar-refractivity contribution in [2.75, 3.05) is 31.2 Å². The van der Waals surface area contributed by atoms with Gasteiger partial charge in [-0.3, -0.25) is 0 Å². The lowest BCUT2D eigenvalue weighted by Crippen LogP contribution is -2.39. The maximum Gasteiger partial charge on any atom is 0.266 e. The first-order chi connectivity index (χ1) is 11.9. The van der Waals surface area contributed by atoms with E-state index in [-0.39, 0.29) is 0 Å². The van der Waals surface area contributed by atoms with Crippen LogP contribution in [0.3, 0.4) is 0 Å². The first-order valence-corrected chi connectivity index (χ1v) is 8.76. The van der Waals surface area contributed by atoms with E-state index in [1.165, 1.54) is 0 Å². The monoisotopic (exact) mass is 329 g/mol. The standard InChI is InChI=1S/C18H23N3O3/c1-2-4-14(5-3-1)17-19-18(20-24-17)21-10-6-15(7-11-21)23-16-8-12-22-13-9-16/h1-5,15-16H,6-13H2. The van der Waals surface area contributed by atoms with Crippen LogP contribution in [0.25, 0.3) is 11.5 Å². The Labute approximate surface area is 141 Å². The average Bonchev–Trinajstić information content (AvgIpc) is 3.14. The molecule has 6 heteroatoms. The number of ether oxygens (including phenoxy) is 2. The van der Waals surface area contributed by atoms with Gasteiger partial charge in [-0.15, -0.1) is 0 Å². The maximum atomic E-state index is 6.22. The molecule has 0 radical (unpaired) electrons. The minimum absolute atomic E-state index is 0.338. The van der Waals surface area contributed by atoms with Gasteiger partial charge < -0.3 is 18.9 Å². The summed E-state index contributed by atoms with van der Waals surface area (Å²) in [6.07, 6.45) is 4.76. The van der Waals surface area contributed by atoms with Crippen molar-refractivity contribution in [3.8, 4) is 11.5 Å². The van der Waals surface area contributed by atoms with E-state index in [0.717, 1.165) is 57.6 Å². The average molecular weight is 329 g/mol. The molecular weight excluding hydrogens is 306 g/mol. The zero-order chi connectivity index (χ0) is 16.2. The molecule has 0 saturated carbocycles. The molecule has 4 rings (SSSR count). The van der Waals surface area contributed by atoms with Gasteiger partial charge in [0.15, 0.2) is 0 Å². The van der Waals surface area contributed by atoms with Gasteiger partial charge in [0.1, 0.15) is 0 Å². The van der Waals surface area contributed by atoms with E-state index in [4.69, 9.17) is 14.0 Å². The van der Waals surface area contributed by atoms with Gasteiger partial charge in [0.25, 0.3) is 11.8 Å². The highest BCUT2D eigenvalue weighted by molar-refractivity contribution is 5.54. The molecule has 2 aliphatic heterocycles. The molecule has 0 N–H and O–H groups in total. The Morgan fingerprint density at radius 1 is 0.958 bits per heavy atom. The van der Waals surface area contributed by atoms with Crippen LogP contribution < -0.4 is 4.90 Å². The summed E-state index contributed by atoms with van der Waals surface area (Å²) in [4.78, 5) is 6.72. The third-order valence-corrected chi connectivity index (χ3v) is 4.71. The summed E-state index contributed by atoms with van der Waals surface area (Å²) in [5.41, 5.74) is 0.953. The Bertz CT molecular complexity index is 632. The summed E-state index contributed by atoms with van der Waals surface area (Å²) in [6, 6.07) is 9.87. The summed E-state index contributed by atoms with van der Waals surface area (Å²) in [5, 5.41) is 4.14. The van der Waals surface area contributed by atoms with Crippen LogP contribution in [-0.4, -0.2) is 48.7 Å². The lowest BCUT2D eigenvalue weighted by molar-refractivity contribution is -0.0744. The number of hydrogen-bond acceptors (Lipinski definition) is 6. The molecule has 0 unspecified atom stereocenters. The summed E-state index contributed by atoms with van der Waals surface area (Å²) >= 11 is 0. The van der Waals surface area contributed by atoms with E-state index < -0.39 is 0 Å². The quantitative estimate of drug-likeness (QED) is 0.859. The normalized spacial score (nSPS) is 20.4. The Balaban J connectivity index is 1.32. The third-order valence-electron chi connectivity index (χ3n) is 4.71. The van der Waals surface area contributed by atoms with E-state index in [1.54, 1.807) is 0 Å². The van der Waals surface area contributed by atoms with Crippen molar-refractivity contribution in [3.05, 3.63) is 30.3 Å². The Kier molecular flexibility index (Phi) is 4.76. The van der Waals surface area contributed by atoms with Gasteiger partial charge in [0.05, 0.1) is 12.2 Å². The summed E-state index contributed by atoms with van der Waals surface area (Å²) in [6.45, 7) is 3.46. The van der Waals surface area contributed by atoms with E-state index in [2.05, 4.69) is 15.0 Å². The number of piperidine rings is 1. The fourth-order valence-corrected chi connectivity index (χ4v) is 3.32. The minimum Gasteiger partial charge on any atom is -0.381 e. The Hall–Kier alpha value is -1.92. The number of hydrogen-bond donors (Lipinski definition) is 0. The fourth-order valence-electron chi connectivity index (χ4n) is 3.32. The number of nitrogens with zero attached hydrogens (tertiary/aromatic N) is 3. The zero-order valence-corrected chi connectivity index (χ0v) is 13.8. The molecule has 0 bridgehead atoms.